The quantitative estimate of drug-likeness (QED) is 0.0865. The molecular weight excluding hydrogens is 1390 g/mol. The zero-order valence-electron chi connectivity index (χ0n) is 63.2. The molecule has 6 heterocycles. The van der Waals surface area contributed by atoms with E-state index in [9.17, 15) is 33.9 Å². The van der Waals surface area contributed by atoms with Crippen molar-refractivity contribution in [2.45, 2.75) is 152 Å². The van der Waals surface area contributed by atoms with Crippen molar-refractivity contribution >= 4 is 108 Å². The third kappa shape index (κ3) is 14.3. The maximum atomic E-state index is 13.6. The van der Waals surface area contributed by atoms with E-state index < -0.39 is 11.5 Å². The molecule has 6 atom stereocenters. The summed E-state index contributed by atoms with van der Waals surface area (Å²) < 4.78 is 5.15. The number of fused-ring (bicyclic) bond motifs is 3. The fraction of sp³-hybridized carbons (Fsp3) is 0.400. The number of likely N-dealkylation sites (tertiary alicyclic amines) is 3. The summed E-state index contributed by atoms with van der Waals surface area (Å²) in [7, 11) is 6.80. The van der Waals surface area contributed by atoms with Crippen LogP contribution in [0.5, 0.6) is 0 Å². The van der Waals surface area contributed by atoms with Gasteiger partial charge in [0.15, 0.2) is 5.60 Å². The minimum Gasteiger partial charge on any atom is -0.466 e. The van der Waals surface area contributed by atoms with E-state index in [0.29, 0.717) is 30.3 Å². The summed E-state index contributed by atoms with van der Waals surface area (Å²) in [6.45, 7) is 11.8. The first-order valence-corrected chi connectivity index (χ1v) is 40.0. The van der Waals surface area contributed by atoms with Crippen molar-refractivity contribution in [1.29, 1.82) is 0 Å². The minimum atomic E-state index is -1.81. The number of hydrogen-bond acceptors (Lipinski definition) is 11. The topological polar surface area (TPSA) is 158 Å². The summed E-state index contributed by atoms with van der Waals surface area (Å²) in [6.07, 6.45) is 8.73. The second kappa shape index (κ2) is 32.7. The second-order valence-corrected chi connectivity index (χ2v) is 31.1. The molecule has 3 fully saturated rings. The lowest BCUT2D eigenvalue weighted by Gasteiger charge is -2.40. The Morgan fingerprint density at radius 2 is 0.778 bits per heavy atom. The molecule has 3 aliphatic carbocycles. The number of carbonyl (C=O) groups excluding carboxylic acids is 6. The number of amides is 5. The van der Waals surface area contributed by atoms with Crippen LogP contribution in [0, 0.1) is 0 Å². The predicted octanol–water partition coefficient (Wildman–Crippen LogP) is 15.6. The van der Waals surface area contributed by atoms with E-state index in [-0.39, 0.29) is 84.2 Å². The Labute approximate surface area is 645 Å². The number of para-hydroxylation sites is 3. The molecule has 3 saturated heterocycles. The largest absolute Gasteiger partial charge is 0.466 e. The van der Waals surface area contributed by atoms with Crippen LogP contribution >= 0.6 is 23.2 Å². The highest BCUT2D eigenvalue weighted by atomic mass is 35.5. The molecule has 0 saturated carbocycles. The third-order valence-electron chi connectivity index (χ3n) is 24.2. The summed E-state index contributed by atoms with van der Waals surface area (Å²) in [5, 5.41) is 19.9. The number of benzene rings is 9. The Morgan fingerprint density at radius 3 is 1.16 bits per heavy atom. The maximum Gasteiger partial charge on any atom is 0.306 e. The van der Waals surface area contributed by atoms with Gasteiger partial charge in [-0.1, -0.05) is 178 Å². The van der Waals surface area contributed by atoms with E-state index in [1.165, 1.54) is 70.6 Å². The average molecular weight is 1490 g/mol. The first kappa shape index (κ1) is 75.8. The van der Waals surface area contributed by atoms with Crippen molar-refractivity contribution in [1.82, 2.24) is 24.5 Å². The lowest BCUT2D eigenvalue weighted by Crippen LogP contribution is -2.51. The highest BCUT2D eigenvalue weighted by Gasteiger charge is 2.54. The zero-order chi connectivity index (χ0) is 75.7. The lowest BCUT2D eigenvalue weighted by atomic mass is 9.91. The van der Waals surface area contributed by atoms with E-state index in [2.05, 4.69) is 124 Å². The van der Waals surface area contributed by atoms with Gasteiger partial charge < -0.3 is 34.3 Å². The molecule has 18 rings (SSSR count). The number of rotatable bonds is 13. The Balaban J connectivity index is 0.000000132. The number of alkyl halides is 2. The Bertz CT molecular complexity index is 4830. The van der Waals surface area contributed by atoms with Gasteiger partial charge in [0.05, 0.1) is 42.3 Å². The third-order valence-corrected chi connectivity index (χ3v) is 24.2. The fourth-order valence-electron chi connectivity index (χ4n) is 19.1. The zero-order valence-corrected chi connectivity index (χ0v) is 64.7. The van der Waals surface area contributed by atoms with Crippen LogP contribution in [0.15, 0.2) is 182 Å². The van der Waals surface area contributed by atoms with Crippen LogP contribution < -0.4 is 14.7 Å². The number of ether oxygens (including phenoxy) is 1. The Morgan fingerprint density at radius 1 is 0.444 bits per heavy atom. The number of anilines is 3. The van der Waals surface area contributed by atoms with E-state index in [0.717, 1.165) is 125 Å². The number of halogens is 2. The molecule has 6 aliphatic heterocycles. The molecule has 9 aromatic carbocycles. The number of piperidine rings is 3. The van der Waals surface area contributed by atoms with Gasteiger partial charge in [0.1, 0.15) is 0 Å². The summed E-state index contributed by atoms with van der Waals surface area (Å²) in [5.74, 6) is -1.60. The van der Waals surface area contributed by atoms with Crippen LogP contribution in [0.1, 0.15) is 159 Å². The predicted molar refractivity (Wildman–Crippen MR) is 432 cm³/mol. The van der Waals surface area contributed by atoms with Crippen molar-refractivity contribution in [3.63, 3.8) is 0 Å². The molecule has 0 bridgehead atoms. The standard InChI is InChI=1S/C29H31N3O3.C29H31N3O2.C29H30N2O3.C2H6.CH2Cl2/c1-30(2)26(33)18-29(35)23-11-3-4-12-24(23)32(28(29)34)21-13-15-31(16-14-21)25-17-20-9-5-7-19-8-6-10-22(25)27(19)20;1-30(2)27(33)18-24-22-10-3-4-12-25(22)32(29(24)34)21-13-15-31(16-14-21)26-17-20-9-5-7-19-8-6-11-23(26)28(19)20;1-2-34-27(32)18-24-22-10-3-4-12-25(22)31(29(24)33)21-13-15-30(16-14-21)26-17-20-9-5-7-19-8-6-11-23(26)28(19)20;1-2;2-1-3/h3-12,21,25,35H,13-18H2,1-2H3;3-12,21,24,26H,13-18H2,1-2H3;3-12,21,24,26H,2,13-18H2,1H3;1-2H3;1H2. The van der Waals surface area contributed by atoms with Gasteiger partial charge in [0.25, 0.3) is 5.91 Å². The number of aliphatic hydroxyl groups is 1. The van der Waals surface area contributed by atoms with Gasteiger partial charge in [-0.15, -0.1) is 23.2 Å². The molecule has 6 unspecified atom stereocenters. The van der Waals surface area contributed by atoms with Crippen LogP contribution in [0.4, 0.5) is 17.1 Å². The highest BCUT2D eigenvalue weighted by Crippen LogP contribution is 2.50. The number of esters is 1. The van der Waals surface area contributed by atoms with Gasteiger partial charge in [-0.3, -0.25) is 43.5 Å². The lowest BCUT2D eigenvalue weighted by molar-refractivity contribution is -0.146. The van der Waals surface area contributed by atoms with Crippen molar-refractivity contribution in [2.24, 2.45) is 0 Å². The molecule has 9 aliphatic rings. The number of hydrogen-bond donors (Lipinski definition) is 1. The molecule has 0 aromatic heterocycles. The maximum absolute atomic E-state index is 13.6. The molecule has 1 N–H and O–H groups in total. The normalized spacial score (nSPS) is 22.2. The molecular formula is C90H100Cl2N8O8. The van der Waals surface area contributed by atoms with Gasteiger partial charge in [0.2, 0.25) is 23.6 Å². The molecule has 108 heavy (non-hydrogen) atoms. The van der Waals surface area contributed by atoms with Crippen LogP contribution in [-0.2, 0) is 58.4 Å². The van der Waals surface area contributed by atoms with Crippen LogP contribution in [0.3, 0.4) is 0 Å². The summed E-state index contributed by atoms with van der Waals surface area (Å²) in [6, 6.07) is 64.8. The van der Waals surface area contributed by atoms with Gasteiger partial charge in [0, 0.05) is 127 Å². The second-order valence-electron chi connectivity index (χ2n) is 30.3. The van der Waals surface area contributed by atoms with Crippen LogP contribution in [0.25, 0.3) is 32.3 Å². The van der Waals surface area contributed by atoms with E-state index in [1.54, 1.807) is 51.0 Å². The van der Waals surface area contributed by atoms with E-state index in [1.807, 2.05) is 90.4 Å². The Hall–Kier alpha value is -9.00. The minimum absolute atomic E-state index is 0.000187. The molecule has 16 nitrogen and oxygen atoms in total. The van der Waals surface area contributed by atoms with Gasteiger partial charge in [-0.2, -0.15) is 0 Å². The highest BCUT2D eigenvalue weighted by molar-refractivity contribution is 6.40. The van der Waals surface area contributed by atoms with Crippen molar-refractivity contribution < 1.29 is 38.6 Å². The first-order valence-electron chi connectivity index (χ1n) is 38.9. The molecule has 18 heteroatoms. The van der Waals surface area contributed by atoms with Crippen molar-refractivity contribution in [3.05, 3.63) is 232 Å². The molecule has 9 aromatic rings. The van der Waals surface area contributed by atoms with Gasteiger partial charge in [-0.05, 0) is 160 Å². The van der Waals surface area contributed by atoms with Gasteiger partial charge in [-0.25, -0.2) is 0 Å². The number of carbonyl (C=O) groups is 6. The van der Waals surface area contributed by atoms with Crippen LogP contribution in [-0.4, -0.2) is 163 Å². The van der Waals surface area contributed by atoms with Gasteiger partial charge >= 0.3 is 5.97 Å². The summed E-state index contributed by atoms with van der Waals surface area (Å²) >= 11 is 9.53. The SMILES string of the molecule is CC.CCOC(=O)CC1C(=O)N(C2CCN(C3Cc4cccc5cccc3c45)CC2)c2ccccc21.CN(C)C(=O)CC1(O)C(=O)N(C2CCN(C3Cc4cccc5cccc3c45)CC2)c2ccccc21.CN(C)C(=O)CC1C(=O)N(C2CCN(C3Cc4cccc5cccc3c45)CC2)c2ccccc21.ClCCl. The van der Waals surface area contributed by atoms with Crippen molar-refractivity contribution in [2.75, 3.05) is 94.1 Å². The summed E-state index contributed by atoms with van der Waals surface area (Å²) in [4.78, 5) is 94.4. The smallest absolute Gasteiger partial charge is 0.306 e. The average Bonchev–Trinajstić information content (AvgIpc) is 1.58. The van der Waals surface area contributed by atoms with Crippen molar-refractivity contribution in [3.8, 4) is 0 Å². The fourth-order valence-corrected chi connectivity index (χ4v) is 19.1. The van der Waals surface area contributed by atoms with Crippen LogP contribution in [0.2, 0.25) is 0 Å². The van der Waals surface area contributed by atoms with E-state index >= 15 is 0 Å². The molecule has 5 amide bonds. The summed E-state index contributed by atoms with van der Waals surface area (Å²) in [5.41, 5.74) is 12.0. The molecule has 562 valence electrons. The molecule has 0 radical (unpaired) electrons. The van der Waals surface area contributed by atoms with E-state index in [4.69, 9.17) is 27.9 Å². The monoisotopic (exact) mass is 1490 g/mol. The first-order chi connectivity index (χ1) is 52.5. The molecule has 0 spiro atoms. The Kier molecular flexibility index (Phi) is 22.9. The number of nitrogens with zero attached hydrogens (tertiary/aromatic N) is 8.